The van der Waals surface area contributed by atoms with Crippen LogP contribution in [0.4, 0.5) is 5.69 Å². The Morgan fingerprint density at radius 3 is 2.65 bits per heavy atom. The van der Waals surface area contributed by atoms with E-state index < -0.39 is 27.3 Å². The van der Waals surface area contributed by atoms with Crippen molar-refractivity contribution < 1.29 is 23.1 Å². The molecular formula is C34H45ClN2O5S. The molecule has 5 rings (SSSR count). The second kappa shape index (κ2) is 13.6. The van der Waals surface area contributed by atoms with Crippen molar-refractivity contribution >= 4 is 33.2 Å². The van der Waals surface area contributed by atoms with Crippen molar-refractivity contribution in [3.8, 4) is 5.75 Å². The van der Waals surface area contributed by atoms with Crippen molar-refractivity contribution in [2.75, 3.05) is 18.0 Å². The fraction of sp³-hybridized carbons (Fsp3) is 0.559. The maximum absolute atomic E-state index is 13.6. The summed E-state index contributed by atoms with van der Waals surface area (Å²) >= 11 is 6.32. The zero-order valence-electron chi connectivity index (χ0n) is 25.5. The number of nitrogens with zero attached hydrogens (tertiary/aromatic N) is 1. The number of rotatable bonds is 2. The van der Waals surface area contributed by atoms with Crippen LogP contribution in [0, 0.1) is 23.7 Å². The lowest BCUT2D eigenvalue weighted by Crippen LogP contribution is -2.43. The molecule has 0 spiro atoms. The number of amides is 1. The lowest BCUT2D eigenvalue weighted by molar-refractivity contribution is 0.0459. The van der Waals surface area contributed by atoms with E-state index in [1.165, 1.54) is 5.56 Å². The molecule has 3 aliphatic rings. The fourth-order valence-electron chi connectivity index (χ4n) is 6.72. The van der Waals surface area contributed by atoms with E-state index >= 15 is 0 Å². The van der Waals surface area contributed by atoms with Gasteiger partial charge in [-0.1, -0.05) is 50.6 Å². The summed E-state index contributed by atoms with van der Waals surface area (Å²) in [5, 5.41) is 11.1. The quantitative estimate of drug-likeness (QED) is 0.368. The molecule has 3 unspecified atom stereocenters. The van der Waals surface area contributed by atoms with E-state index in [4.69, 9.17) is 16.3 Å². The smallest absolute Gasteiger partial charge is 0.264 e. The number of halogens is 1. The highest BCUT2D eigenvalue weighted by atomic mass is 35.5. The molecule has 0 radical (unpaired) electrons. The Kier molecular flexibility index (Phi) is 10.1. The van der Waals surface area contributed by atoms with E-state index in [0.717, 1.165) is 56.4 Å². The molecular weight excluding hydrogens is 584 g/mol. The van der Waals surface area contributed by atoms with Gasteiger partial charge in [0.25, 0.3) is 5.91 Å². The Balaban J connectivity index is 1.54. The predicted molar refractivity (Wildman–Crippen MR) is 172 cm³/mol. The maximum Gasteiger partial charge on any atom is 0.264 e. The molecule has 1 aliphatic carbocycles. The van der Waals surface area contributed by atoms with Gasteiger partial charge in [0, 0.05) is 23.7 Å². The number of allylic oxidation sites excluding steroid dienone is 1. The number of carbonyl (C=O) groups excluding carboxylic acids is 1. The van der Waals surface area contributed by atoms with Crippen molar-refractivity contribution in [1.82, 2.24) is 4.72 Å². The molecule has 2 aromatic carbocycles. The Morgan fingerprint density at radius 1 is 1.09 bits per heavy atom. The van der Waals surface area contributed by atoms with E-state index in [1.54, 1.807) is 18.2 Å². The number of aryl methyl sites for hydroxylation is 1. The summed E-state index contributed by atoms with van der Waals surface area (Å²) in [5.74, 6) is 0.518. The number of ether oxygens (including phenoxy) is 1. The van der Waals surface area contributed by atoms with Crippen LogP contribution in [0.15, 0.2) is 48.6 Å². The molecule has 2 heterocycles. The highest BCUT2D eigenvalue weighted by Gasteiger charge is 2.37. The molecule has 0 saturated heterocycles. The van der Waals surface area contributed by atoms with Gasteiger partial charge in [-0.3, -0.25) is 4.79 Å². The number of hydrogen-bond acceptors (Lipinski definition) is 6. The SMILES string of the molecule is CC(C)C[C@@H]1C[C@H](C)/C=C/C(O)C2CCC2CN2CCCCc3cc(Cl)ccc3COc3ccc(cc32)C(=O)NS1(=O)=O. The third-order valence-electron chi connectivity index (χ3n) is 9.29. The first kappa shape index (κ1) is 31.9. The summed E-state index contributed by atoms with van der Waals surface area (Å²) in [4.78, 5) is 15.8. The first-order valence-electron chi connectivity index (χ1n) is 15.7. The number of aliphatic hydroxyl groups is 1. The summed E-state index contributed by atoms with van der Waals surface area (Å²) in [6, 6.07) is 11.1. The summed E-state index contributed by atoms with van der Waals surface area (Å²) in [7, 11) is -3.95. The van der Waals surface area contributed by atoms with Gasteiger partial charge in [-0.25, -0.2) is 13.1 Å². The van der Waals surface area contributed by atoms with E-state index in [2.05, 4.69) is 9.62 Å². The van der Waals surface area contributed by atoms with Gasteiger partial charge in [-0.05, 0) is 110 Å². The number of nitrogens with one attached hydrogen (secondary N) is 1. The van der Waals surface area contributed by atoms with Crippen molar-refractivity contribution in [2.24, 2.45) is 23.7 Å². The molecule has 1 amide bonds. The molecule has 7 nitrogen and oxygen atoms in total. The number of sulfonamides is 1. The molecule has 1 fully saturated rings. The molecule has 9 heteroatoms. The molecule has 234 valence electrons. The molecule has 2 N–H and O–H groups in total. The molecule has 43 heavy (non-hydrogen) atoms. The van der Waals surface area contributed by atoms with Crippen LogP contribution >= 0.6 is 11.6 Å². The van der Waals surface area contributed by atoms with Crippen LogP contribution in [-0.2, 0) is 23.1 Å². The molecule has 5 atom stereocenters. The summed E-state index contributed by atoms with van der Waals surface area (Å²) in [6.45, 7) is 7.78. The van der Waals surface area contributed by atoms with Gasteiger partial charge in [-0.2, -0.15) is 0 Å². The predicted octanol–water partition coefficient (Wildman–Crippen LogP) is 6.52. The Hall–Kier alpha value is -2.55. The largest absolute Gasteiger partial charge is 0.487 e. The van der Waals surface area contributed by atoms with Crippen LogP contribution in [-0.4, -0.2) is 43.9 Å². The van der Waals surface area contributed by atoms with E-state index in [1.807, 2.05) is 51.1 Å². The Morgan fingerprint density at radius 2 is 1.91 bits per heavy atom. The van der Waals surface area contributed by atoms with Gasteiger partial charge in [0.15, 0.2) is 0 Å². The van der Waals surface area contributed by atoms with Crippen LogP contribution in [0.2, 0.25) is 5.02 Å². The number of benzene rings is 2. The third kappa shape index (κ3) is 7.76. The number of anilines is 1. The molecule has 2 aromatic rings. The van der Waals surface area contributed by atoms with Gasteiger partial charge < -0.3 is 14.7 Å². The monoisotopic (exact) mass is 628 g/mol. The van der Waals surface area contributed by atoms with Crippen molar-refractivity contribution in [2.45, 2.75) is 83.7 Å². The molecule has 2 aliphatic heterocycles. The lowest BCUT2D eigenvalue weighted by Gasteiger charge is -2.42. The second-order valence-electron chi connectivity index (χ2n) is 13.1. The van der Waals surface area contributed by atoms with Crippen LogP contribution in [0.3, 0.4) is 0 Å². The summed E-state index contributed by atoms with van der Waals surface area (Å²) in [5.41, 5.74) is 3.31. The van der Waals surface area contributed by atoms with Crippen LogP contribution < -0.4 is 14.4 Å². The average Bonchev–Trinajstić information content (AvgIpc) is 2.96. The van der Waals surface area contributed by atoms with Gasteiger partial charge in [0.05, 0.1) is 17.0 Å². The summed E-state index contributed by atoms with van der Waals surface area (Å²) in [6.07, 6.45) is 8.78. The van der Waals surface area contributed by atoms with Gasteiger partial charge in [0.2, 0.25) is 10.0 Å². The molecule has 2 bridgehead atoms. The van der Waals surface area contributed by atoms with E-state index in [9.17, 15) is 18.3 Å². The van der Waals surface area contributed by atoms with Gasteiger partial charge in [0.1, 0.15) is 12.4 Å². The first-order chi connectivity index (χ1) is 20.5. The van der Waals surface area contributed by atoms with Crippen molar-refractivity contribution in [3.05, 3.63) is 70.3 Å². The minimum absolute atomic E-state index is 0.0653. The number of fused-ring (bicyclic) bond motifs is 3. The van der Waals surface area contributed by atoms with Crippen LogP contribution in [0.25, 0.3) is 0 Å². The standard InChI is InChI=1S/C34H45ClN2O5S/c1-22(2)16-29-17-23(3)7-13-32(38)30-12-9-26(30)20-37-15-5-4-6-24-18-28(35)11-8-27(24)21-42-33-14-10-25(19-31(33)37)34(39)36-43(29,40)41/h7-8,10-11,13-14,18-19,22-23,26,29-30,32,38H,4-6,9,12,15-17,20-21H2,1-3H3,(H,36,39)/b13-7+/t23-,26?,29-,30?,32?/m1/s1. The topological polar surface area (TPSA) is 95.9 Å². The second-order valence-corrected chi connectivity index (χ2v) is 15.5. The van der Waals surface area contributed by atoms with Crippen molar-refractivity contribution in [1.29, 1.82) is 0 Å². The van der Waals surface area contributed by atoms with E-state index in [-0.39, 0.29) is 23.3 Å². The fourth-order valence-corrected chi connectivity index (χ4v) is 8.65. The van der Waals surface area contributed by atoms with Crippen LogP contribution in [0.5, 0.6) is 5.75 Å². The zero-order valence-corrected chi connectivity index (χ0v) is 27.0. The summed E-state index contributed by atoms with van der Waals surface area (Å²) < 4.78 is 35.9. The lowest BCUT2D eigenvalue weighted by atomic mass is 9.70. The highest BCUT2D eigenvalue weighted by Crippen LogP contribution is 2.41. The number of aliphatic hydroxyl groups excluding tert-OH is 1. The Labute approximate surface area is 261 Å². The highest BCUT2D eigenvalue weighted by molar-refractivity contribution is 7.90. The first-order valence-corrected chi connectivity index (χ1v) is 17.6. The maximum atomic E-state index is 13.6. The number of carbonyl (C=O) groups is 1. The van der Waals surface area contributed by atoms with Gasteiger partial charge in [-0.15, -0.1) is 0 Å². The third-order valence-corrected chi connectivity index (χ3v) is 11.3. The Bertz CT molecular complexity index is 1440. The average molecular weight is 629 g/mol. The van der Waals surface area contributed by atoms with Crippen molar-refractivity contribution in [3.63, 3.8) is 0 Å². The minimum Gasteiger partial charge on any atom is -0.487 e. The van der Waals surface area contributed by atoms with E-state index in [0.29, 0.717) is 36.1 Å². The van der Waals surface area contributed by atoms with Crippen LogP contribution in [0.1, 0.15) is 80.8 Å². The zero-order chi connectivity index (χ0) is 30.7. The number of hydrogen-bond donors (Lipinski definition) is 2. The van der Waals surface area contributed by atoms with Gasteiger partial charge >= 0.3 is 0 Å². The molecule has 0 aromatic heterocycles. The minimum atomic E-state index is -3.95. The molecule has 1 saturated carbocycles. The normalized spacial score (nSPS) is 28.7.